The van der Waals surface area contributed by atoms with Gasteiger partial charge in [0.25, 0.3) is 0 Å². The average Bonchev–Trinajstić information content (AvgIpc) is 2.76. The molecule has 0 aliphatic heterocycles. The highest BCUT2D eigenvalue weighted by Crippen LogP contribution is 2.26. The van der Waals surface area contributed by atoms with Crippen LogP contribution in [0.2, 0.25) is 0 Å². The van der Waals surface area contributed by atoms with Gasteiger partial charge in [-0.25, -0.2) is 4.98 Å². The van der Waals surface area contributed by atoms with Crippen LogP contribution in [-0.2, 0) is 6.54 Å². The van der Waals surface area contributed by atoms with Gasteiger partial charge in [0.05, 0.1) is 5.01 Å². The zero-order valence-corrected chi connectivity index (χ0v) is 10.1. The molecule has 1 aromatic rings. The normalized spacial score (nSPS) is 19.6. The minimum absolute atomic E-state index is 0.0553. The van der Waals surface area contributed by atoms with E-state index in [1.807, 2.05) is 13.1 Å². The highest BCUT2D eigenvalue weighted by atomic mass is 32.1. The summed E-state index contributed by atoms with van der Waals surface area (Å²) in [4.78, 5) is 5.53. The zero-order chi connectivity index (χ0) is 10.7. The molecule has 1 aliphatic carbocycles. The van der Waals surface area contributed by atoms with Crippen LogP contribution in [0.5, 0.6) is 0 Å². The van der Waals surface area contributed by atoms with Crippen molar-refractivity contribution in [1.29, 1.82) is 0 Å². The summed E-state index contributed by atoms with van der Waals surface area (Å²) >= 11 is 1.75. The minimum Gasteiger partial charge on any atom is -0.324 e. The largest absolute Gasteiger partial charge is 0.324 e. The van der Waals surface area contributed by atoms with Gasteiger partial charge in [-0.3, -0.25) is 0 Å². The molecule has 1 saturated carbocycles. The van der Waals surface area contributed by atoms with Gasteiger partial charge in [0, 0.05) is 29.7 Å². The van der Waals surface area contributed by atoms with Crippen molar-refractivity contribution in [3.63, 3.8) is 0 Å². The molecule has 0 unspecified atom stereocenters. The number of nitrogens with one attached hydrogen (secondary N) is 1. The van der Waals surface area contributed by atoms with Crippen LogP contribution in [0.3, 0.4) is 0 Å². The second kappa shape index (κ2) is 4.60. The monoisotopic (exact) mass is 225 g/mol. The summed E-state index contributed by atoms with van der Waals surface area (Å²) in [6, 6.07) is 0. The van der Waals surface area contributed by atoms with Crippen molar-refractivity contribution in [2.45, 2.75) is 44.7 Å². The molecular weight excluding hydrogens is 206 g/mol. The number of nitrogens with zero attached hydrogens (tertiary/aromatic N) is 1. The fraction of sp³-hybridized carbons (Fsp3) is 0.727. The molecule has 1 fully saturated rings. The Morgan fingerprint density at radius 2 is 2.27 bits per heavy atom. The number of hydrogen-bond donors (Lipinski definition) is 2. The molecule has 0 bridgehead atoms. The van der Waals surface area contributed by atoms with Crippen LogP contribution >= 0.6 is 11.3 Å². The summed E-state index contributed by atoms with van der Waals surface area (Å²) in [6.45, 7) is 3.88. The molecule has 3 N–H and O–H groups in total. The lowest BCUT2D eigenvalue weighted by Crippen LogP contribution is -2.46. The van der Waals surface area contributed by atoms with E-state index in [2.05, 4.69) is 10.3 Å². The molecule has 2 rings (SSSR count). The van der Waals surface area contributed by atoms with Crippen LogP contribution < -0.4 is 11.1 Å². The SMILES string of the molecule is Cc1ncc(CNCC2(N)CCCC2)s1. The molecule has 1 aliphatic rings. The summed E-state index contributed by atoms with van der Waals surface area (Å²) in [7, 11) is 0. The minimum atomic E-state index is 0.0553. The lowest BCUT2D eigenvalue weighted by atomic mass is 9.99. The first kappa shape index (κ1) is 11.0. The van der Waals surface area contributed by atoms with Crippen LogP contribution in [-0.4, -0.2) is 17.1 Å². The molecule has 84 valence electrons. The standard InChI is InChI=1S/C11H19N3S/c1-9-14-7-10(15-9)6-13-8-11(12)4-2-3-5-11/h7,13H,2-6,8,12H2,1H3. The number of hydrogen-bond acceptors (Lipinski definition) is 4. The van der Waals surface area contributed by atoms with Crippen molar-refractivity contribution >= 4 is 11.3 Å². The molecule has 0 aromatic carbocycles. The van der Waals surface area contributed by atoms with Gasteiger partial charge in [0.1, 0.15) is 0 Å². The van der Waals surface area contributed by atoms with Crippen LogP contribution in [0.25, 0.3) is 0 Å². The molecule has 4 heteroatoms. The van der Waals surface area contributed by atoms with E-state index in [4.69, 9.17) is 5.73 Å². The number of aromatic nitrogens is 1. The smallest absolute Gasteiger partial charge is 0.0897 e. The highest BCUT2D eigenvalue weighted by Gasteiger charge is 2.28. The summed E-state index contributed by atoms with van der Waals surface area (Å²) in [5.41, 5.74) is 6.31. The van der Waals surface area contributed by atoms with Gasteiger partial charge >= 0.3 is 0 Å². The zero-order valence-electron chi connectivity index (χ0n) is 9.25. The highest BCUT2D eigenvalue weighted by molar-refractivity contribution is 7.11. The van der Waals surface area contributed by atoms with E-state index in [9.17, 15) is 0 Å². The Labute approximate surface area is 95.1 Å². The van der Waals surface area contributed by atoms with Crippen molar-refractivity contribution in [2.75, 3.05) is 6.54 Å². The van der Waals surface area contributed by atoms with E-state index in [-0.39, 0.29) is 5.54 Å². The Morgan fingerprint density at radius 1 is 1.53 bits per heavy atom. The van der Waals surface area contributed by atoms with Gasteiger partial charge in [0.2, 0.25) is 0 Å². The molecule has 1 heterocycles. The number of rotatable bonds is 4. The van der Waals surface area contributed by atoms with Crippen molar-refractivity contribution in [2.24, 2.45) is 5.73 Å². The maximum atomic E-state index is 6.25. The molecule has 1 aromatic heterocycles. The van der Waals surface area contributed by atoms with E-state index in [0.717, 1.165) is 18.1 Å². The predicted molar refractivity (Wildman–Crippen MR) is 63.9 cm³/mol. The molecule has 0 amide bonds. The molecule has 0 atom stereocenters. The fourth-order valence-corrected chi connectivity index (χ4v) is 2.94. The number of nitrogens with two attached hydrogens (primary N) is 1. The fourth-order valence-electron chi connectivity index (χ4n) is 2.18. The van der Waals surface area contributed by atoms with Gasteiger partial charge < -0.3 is 11.1 Å². The third kappa shape index (κ3) is 3.00. The van der Waals surface area contributed by atoms with Crippen LogP contribution in [0, 0.1) is 6.92 Å². The van der Waals surface area contributed by atoms with E-state index in [1.165, 1.54) is 30.6 Å². The Morgan fingerprint density at radius 3 is 2.87 bits per heavy atom. The molecule has 0 radical (unpaired) electrons. The average molecular weight is 225 g/mol. The van der Waals surface area contributed by atoms with E-state index < -0.39 is 0 Å². The second-order valence-corrected chi connectivity index (χ2v) is 5.84. The summed E-state index contributed by atoms with van der Waals surface area (Å²) in [5.74, 6) is 0. The first-order valence-electron chi connectivity index (χ1n) is 5.59. The van der Waals surface area contributed by atoms with Crippen molar-refractivity contribution in [3.8, 4) is 0 Å². The van der Waals surface area contributed by atoms with Gasteiger partial charge in [-0.05, 0) is 19.8 Å². The number of aryl methyl sites for hydroxylation is 1. The molecular formula is C11H19N3S. The van der Waals surface area contributed by atoms with Gasteiger partial charge in [0.15, 0.2) is 0 Å². The lowest BCUT2D eigenvalue weighted by molar-refractivity contribution is 0.405. The second-order valence-electron chi connectivity index (χ2n) is 4.52. The van der Waals surface area contributed by atoms with Crippen molar-refractivity contribution in [3.05, 3.63) is 16.1 Å². The Bertz CT molecular complexity index is 315. The quantitative estimate of drug-likeness (QED) is 0.821. The molecule has 15 heavy (non-hydrogen) atoms. The van der Waals surface area contributed by atoms with Gasteiger partial charge in [-0.1, -0.05) is 12.8 Å². The Balaban J connectivity index is 1.75. The first-order valence-corrected chi connectivity index (χ1v) is 6.41. The topological polar surface area (TPSA) is 50.9 Å². The van der Waals surface area contributed by atoms with Gasteiger partial charge in [-0.15, -0.1) is 11.3 Å². The predicted octanol–water partition coefficient (Wildman–Crippen LogP) is 1.81. The lowest BCUT2D eigenvalue weighted by Gasteiger charge is -2.23. The van der Waals surface area contributed by atoms with Gasteiger partial charge in [-0.2, -0.15) is 0 Å². The summed E-state index contributed by atoms with van der Waals surface area (Å²) < 4.78 is 0. The van der Waals surface area contributed by atoms with Crippen molar-refractivity contribution in [1.82, 2.24) is 10.3 Å². The summed E-state index contributed by atoms with van der Waals surface area (Å²) in [5, 5.41) is 4.58. The van der Waals surface area contributed by atoms with E-state index in [1.54, 1.807) is 11.3 Å². The first-order chi connectivity index (χ1) is 7.18. The van der Waals surface area contributed by atoms with Crippen LogP contribution in [0.4, 0.5) is 0 Å². The van der Waals surface area contributed by atoms with Crippen molar-refractivity contribution < 1.29 is 0 Å². The maximum Gasteiger partial charge on any atom is 0.0897 e. The van der Waals surface area contributed by atoms with E-state index >= 15 is 0 Å². The Hall–Kier alpha value is -0.450. The Kier molecular flexibility index (Phi) is 3.38. The van der Waals surface area contributed by atoms with Crippen LogP contribution in [0.1, 0.15) is 35.6 Å². The van der Waals surface area contributed by atoms with Crippen LogP contribution in [0.15, 0.2) is 6.20 Å². The van der Waals surface area contributed by atoms with E-state index in [0.29, 0.717) is 0 Å². The third-order valence-electron chi connectivity index (χ3n) is 3.04. The molecule has 0 spiro atoms. The summed E-state index contributed by atoms with van der Waals surface area (Å²) in [6.07, 6.45) is 6.87. The maximum absolute atomic E-state index is 6.25. The third-order valence-corrected chi connectivity index (χ3v) is 3.96. The molecule has 0 saturated heterocycles. The number of thiazole rings is 1. The molecule has 3 nitrogen and oxygen atoms in total.